The summed E-state index contributed by atoms with van der Waals surface area (Å²) in [5, 5.41) is 3.99. The van der Waals surface area contributed by atoms with E-state index in [9.17, 15) is 0 Å². The third kappa shape index (κ3) is 7.41. The van der Waals surface area contributed by atoms with Gasteiger partial charge in [-0.1, -0.05) is 155 Å². The molecule has 8 aromatic carbocycles. The van der Waals surface area contributed by atoms with Crippen LogP contribution in [0.15, 0.2) is 152 Å². The summed E-state index contributed by atoms with van der Waals surface area (Å²) in [6, 6.07) is 59.7. The Morgan fingerprint density at radius 2 is 1.09 bits per heavy atom. The van der Waals surface area contributed by atoms with Gasteiger partial charge in [0.25, 0.3) is 6.71 Å². The SMILES string of the molecule is Cc1cccc(N(c2cc3c4c(c2)N(c2cccc5c2sc2ccccc25)c2cc5c(cc2B4c2sc4cc6c(cc4c2N3c2ccc(C(C)(C)C)cc2)C(C)(C)CCC6(C)C)C(C)(C)CCC5(C)C)c2ccccc2C)c1. The average Bonchev–Trinajstić information content (AvgIpc) is 3.31. The van der Waals surface area contributed by atoms with Crippen LogP contribution >= 0.6 is 22.7 Å². The van der Waals surface area contributed by atoms with E-state index in [2.05, 4.69) is 268 Å². The number of rotatable bonds is 5. The summed E-state index contributed by atoms with van der Waals surface area (Å²) in [5.41, 5.74) is 23.7. The van der Waals surface area contributed by atoms with Gasteiger partial charge in [0.2, 0.25) is 0 Å². The molecule has 0 fully saturated rings. The molecule has 2 aliphatic heterocycles. The summed E-state index contributed by atoms with van der Waals surface area (Å²) in [6.45, 7) is 31.4. The van der Waals surface area contributed by atoms with Crippen molar-refractivity contribution in [3.05, 3.63) is 191 Å². The number of benzene rings is 8. The lowest BCUT2D eigenvalue weighted by atomic mass is 9.35. The maximum atomic E-state index is 2.74. The van der Waals surface area contributed by atoms with Crippen LogP contribution in [-0.4, -0.2) is 6.71 Å². The Labute approximate surface area is 471 Å². The highest BCUT2D eigenvalue weighted by Crippen LogP contribution is 2.56. The van der Waals surface area contributed by atoms with Crippen molar-refractivity contribution in [2.75, 3.05) is 14.7 Å². The lowest BCUT2D eigenvalue weighted by Crippen LogP contribution is -2.61. The number of anilines is 9. The van der Waals surface area contributed by atoms with Gasteiger partial charge in [-0.25, -0.2) is 0 Å². The second kappa shape index (κ2) is 17.0. The van der Waals surface area contributed by atoms with Gasteiger partial charge in [-0.3, -0.25) is 0 Å². The second-order valence-electron chi connectivity index (χ2n) is 27.2. The number of hydrogen-bond acceptors (Lipinski definition) is 5. The normalized spacial score (nSPS) is 17.4. The second-order valence-corrected chi connectivity index (χ2v) is 29.3. The molecule has 78 heavy (non-hydrogen) atoms. The lowest BCUT2D eigenvalue weighted by molar-refractivity contribution is 0.332. The Kier molecular flexibility index (Phi) is 10.8. The predicted octanol–water partition coefficient (Wildman–Crippen LogP) is 19.4. The van der Waals surface area contributed by atoms with Crippen LogP contribution in [0, 0.1) is 13.8 Å². The van der Waals surface area contributed by atoms with E-state index < -0.39 is 0 Å². The molecule has 390 valence electrons. The van der Waals surface area contributed by atoms with Crippen molar-refractivity contribution in [1.29, 1.82) is 0 Å². The number of hydrogen-bond donors (Lipinski definition) is 0. The minimum absolute atomic E-state index is 0.000697. The van der Waals surface area contributed by atoms with Crippen LogP contribution in [0.2, 0.25) is 0 Å². The highest BCUT2D eigenvalue weighted by molar-refractivity contribution is 7.33. The Balaban J connectivity index is 1.18. The molecular formula is C72H72BN3S2. The maximum Gasteiger partial charge on any atom is 0.264 e. The molecule has 2 aromatic heterocycles. The first-order valence-corrected chi connectivity index (χ1v) is 30.2. The Morgan fingerprint density at radius 3 is 1.77 bits per heavy atom. The zero-order valence-corrected chi connectivity index (χ0v) is 49.6. The van der Waals surface area contributed by atoms with E-state index in [-0.39, 0.29) is 33.8 Å². The zero-order chi connectivity index (χ0) is 54.2. The molecule has 10 aromatic rings. The van der Waals surface area contributed by atoms with Gasteiger partial charge in [-0.15, -0.1) is 22.7 Å². The van der Waals surface area contributed by atoms with Crippen LogP contribution in [0.25, 0.3) is 30.3 Å². The molecule has 4 heterocycles. The molecule has 4 aliphatic rings. The molecule has 0 radical (unpaired) electrons. The van der Waals surface area contributed by atoms with Crippen molar-refractivity contribution in [3.8, 4) is 0 Å². The highest BCUT2D eigenvalue weighted by atomic mass is 32.1. The predicted molar refractivity (Wildman–Crippen MR) is 342 cm³/mol. The third-order valence-corrected chi connectivity index (χ3v) is 21.5. The van der Waals surface area contributed by atoms with Crippen LogP contribution in [0.4, 0.5) is 51.2 Å². The number of para-hydroxylation sites is 1. The smallest absolute Gasteiger partial charge is 0.264 e. The average molecular weight is 1050 g/mol. The minimum atomic E-state index is -0.0236. The van der Waals surface area contributed by atoms with Gasteiger partial charge in [0, 0.05) is 64.5 Å². The molecule has 14 rings (SSSR count). The summed E-state index contributed by atoms with van der Waals surface area (Å²) in [6.07, 6.45) is 4.65. The van der Waals surface area contributed by atoms with Gasteiger partial charge in [-0.05, 0) is 189 Å². The number of nitrogens with zero attached hydrogens (tertiary/aromatic N) is 3. The van der Waals surface area contributed by atoms with E-state index in [4.69, 9.17) is 0 Å². The Morgan fingerprint density at radius 1 is 0.487 bits per heavy atom. The van der Waals surface area contributed by atoms with E-state index in [1.807, 2.05) is 11.3 Å². The van der Waals surface area contributed by atoms with E-state index >= 15 is 0 Å². The van der Waals surface area contributed by atoms with Gasteiger partial charge in [0.15, 0.2) is 0 Å². The van der Waals surface area contributed by atoms with Crippen molar-refractivity contribution in [3.63, 3.8) is 0 Å². The molecule has 0 atom stereocenters. The molecule has 0 bridgehead atoms. The molecule has 0 N–H and O–H groups in total. The van der Waals surface area contributed by atoms with Gasteiger partial charge in [0.05, 0.1) is 21.8 Å². The molecule has 0 unspecified atom stereocenters. The third-order valence-electron chi connectivity index (χ3n) is 19.1. The first-order valence-electron chi connectivity index (χ1n) is 28.6. The lowest BCUT2D eigenvalue weighted by Gasteiger charge is -2.47. The molecule has 0 spiro atoms. The minimum Gasteiger partial charge on any atom is -0.310 e. The Bertz CT molecular complexity index is 4140. The van der Waals surface area contributed by atoms with Crippen molar-refractivity contribution >= 4 is 127 Å². The van der Waals surface area contributed by atoms with Gasteiger partial charge in [-0.2, -0.15) is 0 Å². The summed E-state index contributed by atoms with van der Waals surface area (Å²) in [7, 11) is 0. The first-order chi connectivity index (χ1) is 37.1. The number of aryl methyl sites for hydroxylation is 2. The summed E-state index contributed by atoms with van der Waals surface area (Å²) in [4.78, 5) is 8.00. The first kappa shape index (κ1) is 49.7. The highest BCUT2D eigenvalue weighted by Gasteiger charge is 2.49. The van der Waals surface area contributed by atoms with E-state index in [0.717, 1.165) is 24.2 Å². The Hall–Kier alpha value is -6.60. The van der Waals surface area contributed by atoms with Crippen molar-refractivity contribution in [2.45, 2.75) is 143 Å². The molecule has 0 saturated carbocycles. The summed E-state index contributed by atoms with van der Waals surface area (Å²) < 4.78 is 5.46. The van der Waals surface area contributed by atoms with E-state index in [0.29, 0.717) is 0 Å². The van der Waals surface area contributed by atoms with Crippen LogP contribution in [-0.2, 0) is 27.1 Å². The molecule has 2 aliphatic carbocycles. The van der Waals surface area contributed by atoms with Crippen LogP contribution < -0.4 is 30.4 Å². The molecular weight excluding hydrogens is 982 g/mol. The van der Waals surface area contributed by atoms with E-state index in [1.54, 1.807) is 0 Å². The largest absolute Gasteiger partial charge is 0.310 e. The van der Waals surface area contributed by atoms with Gasteiger partial charge in [0.1, 0.15) is 0 Å². The maximum absolute atomic E-state index is 2.74. The zero-order valence-electron chi connectivity index (χ0n) is 48.0. The summed E-state index contributed by atoms with van der Waals surface area (Å²) >= 11 is 4.00. The molecule has 3 nitrogen and oxygen atoms in total. The molecule has 0 amide bonds. The standard InChI is InChI=1S/C72H72BN3S2/c1-43-20-18-22-47(36-43)74(57-25-16-14-21-44(57)2)48-37-60-64-61(38-48)76(58-26-19-24-50-49-23-15-17-27-62(49)77-66(50)58)59-41-54-53(70(8,9)33-34-71(54,10)11)40-56(59)73(64)67-65(75(60)46-30-28-45(29-31-46)68(3,4)5)51-39-52-55(42-63(51)78-67)72(12,13)35-32-69(52,6)7/h14-31,36-42H,32-35H2,1-13H3. The molecule has 6 heteroatoms. The van der Waals surface area contributed by atoms with Crippen LogP contribution in [0.5, 0.6) is 0 Å². The van der Waals surface area contributed by atoms with E-state index in [1.165, 1.54) is 138 Å². The van der Waals surface area contributed by atoms with Gasteiger partial charge >= 0.3 is 0 Å². The number of fused-ring (bicyclic) bond motifs is 11. The molecule has 0 saturated heterocycles. The fourth-order valence-corrected chi connectivity index (χ4v) is 16.8. The quantitative estimate of drug-likeness (QED) is 0.159. The number of thiophene rings is 2. The topological polar surface area (TPSA) is 9.72 Å². The monoisotopic (exact) mass is 1050 g/mol. The van der Waals surface area contributed by atoms with Crippen LogP contribution in [0.1, 0.15) is 141 Å². The summed E-state index contributed by atoms with van der Waals surface area (Å²) in [5.74, 6) is 0. The fourth-order valence-electron chi connectivity index (χ4n) is 14.3. The fraction of sp³-hybridized carbons (Fsp3) is 0.306. The van der Waals surface area contributed by atoms with Gasteiger partial charge < -0.3 is 14.7 Å². The van der Waals surface area contributed by atoms with Crippen molar-refractivity contribution in [2.24, 2.45) is 0 Å². The van der Waals surface area contributed by atoms with Crippen molar-refractivity contribution in [1.82, 2.24) is 0 Å². The van der Waals surface area contributed by atoms with Crippen molar-refractivity contribution < 1.29 is 0 Å². The van der Waals surface area contributed by atoms with Crippen LogP contribution in [0.3, 0.4) is 0 Å².